The van der Waals surface area contributed by atoms with Crippen LogP contribution in [0.1, 0.15) is 31.1 Å². The van der Waals surface area contributed by atoms with Crippen molar-refractivity contribution < 1.29 is 34.8 Å². The molecule has 0 saturated carbocycles. The molecule has 0 radical (unpaired) electrons. The lowest BCUT2D eigenvalue weighted by Crippen LogP contribution is -2.42. The van der Waals surface area contributed by atoms with Crippen molar-refractivity contribution in [1.29, 1.82) is 0 Å². The maximum absolute atomic E-state index is 12.8. The minimum absolute atomic E-state index is 0.0283. The van der Waals surface area contributed by atoms with Crippen molar-refractivity contribution in [3.8, 4) is 0 Å². The van der Waals surface area contributed by atoms with Gasteiger partial charge in [0.2, 0.25) is 15.8 Å². The fraction of sp³-hybridized carbons (Fsp3) is 0.833. The molecule has 26 heavy (non-hydrogen) atoms. The van der Waals surface area contributed by atoms with Crippen LogP contribution in [0.2, 0.25) is 0 Å². The molecular formula is C12H16F6N4O3S. The number of halogens is 6. The number of sulfonamides is 1. The van der Waals surface area contributed by atoms with Gasteiger partial charge in [-0.3, -0.25) is 4.57 Å². The molecule has 1 aromatic rings. The van der Waals surface area contributed by atoms with Gasteiger partial charge in [0, 0.05) is 20.1 Å². The number of rotatable bonds is 4. The molecule has 7 nitrogen and oxygen atoms in total. The van der Waals surface area contributed by atoms with E-state index in [1.807, 2.05) is 0 Å². The first-order chi connectivity index (χ1) is 11.7. The molecule has 0 aromatic carbocycles. The Labute approximate surface area is 144 Å². The summed E-state index contributed by atoms with van der Waals surface area (Å²) in [5, 5.41) is 3.29. The monoisotopic (exact) mass is 410 g/mol. The lowest BCUT2D eigenvalue weighted by Gasteiger charge is -2.30. The van der Waals surface area contributed by atoms with Crippen molar-refractivity contribution >= 4 is 10.0 Å². The maximum atomic E-state index is 12.8. The van der Waals surface area contributed by atoms with Crippen LogP contribution in [-0.4, -0.2) is 52.1 Å². The topological polar surface area (TPSA) is 77.2 Å². The van der Waals surface area contributed by atoms with E-state index in [2.05, 4.69) is 5.10 Å². The van der Waals surface area contributed by atoms with Crippen LogP contribution in [0.5, 0.6) is 0 Å². The molecular weight excluding hydrogens is 394 g/mol. The van der Waals surface area contributed by atoms with Crippen LogP contribution in [0, 0.1) is 0 Å². The van der Waals surface area contributed by atoms with E-state index in [0.717, 1.165) is 11.4 Å². The Kier molecular flexibility index (Phi) is 5.48. The lowest BCUT2D eigenvalue weighted by atomic mass is 10.1. The number of hydrogen-bond donors (Lipinski definition) is 0. The normalized spacial score (nSPS) is 18.4. The van der Waals surface area contributed by atoms with Gasteiger partial charge >= 0.3 is 18.0 Å². The molecule has 1 fully saturated rings. The highest BCUT2D eigenvalue weighted by atomic mass is 32.2. The maximum Gasteiger partial charge on any atom is 0.451 e. The largest absolute Gasteiger partial charge is 0.451 e. The summed E-state index contributed by atoms with van der Waals surface area (Å²) in [4.78, 5) is 11.9. The van der Waals surface area contributed by atoms with E-state index >= 15 is 0 Å². The van der Waals surface area contributed by atoms with E-state index in [0.29, 0.717) is 9.25 Å². The van der Waals surface area contributed by atoms with Crippen LogP contribution in [0.25, 0.3) is 0 Å². The number of nitrogens with zero attached hydrogens (tertiary/aromatic N) is 4. The number of aromatic nitrogens is 3. The predicted octanol–water partition coefficient (Wildman–Crippen LogP) is 1.52. The first-order valence-electron chi connectivity index (χ1n) is 7.49. The first-order valence-corrected chi connectivity index (χ1v) is 9.10. The highest BCUT2D eigenvalue weighted by Crippen LogP contribution is 2.29. The summed E-state index contributed by atoms with van der Waals surface area (Å²) in [6, 6.07) is -0.765. The van der Waals surface area contributed by atoms with Gasteiger partial charge in [-0.05, 0) is 12.8 Å². The summed E-state index contributed by atoms with van der Waals surface area (Å²) in [5.74, 6) is -2.47. The van der Waals surface area contributed by atoms with Gasteiger partial charge in [-0.15, -0.1) is 5.10 Å². The molecule has 1 aliphatic rings. The lowest BCUT2D eigenvalue weighted by molar-refractivity contribution is -0.147. The molecule has 1 aromatic heterocycles. The number of hydrogen-bond acceptors (Lipinski definition) is 4. The highest BCUT2D eigenvalue weighted by Gasteiger charge is 2.40. The van der Waals surface area contributed by atoms with Crippen LogP contribution < -0.4 is 5.69 Å². The second kappa shape index (κ2) is 6.87. The quantitative estimate of drug-likeness (QED) is 0.706. The molecule has 14 heteroatoms. The van der Waals surface area contributed by atoms with Crippen molar-refractivity contribution in [3.63, 3.8) is 0 Å². The van der Waals surface area contributed by atoms with Gasteiger partial charge in [0.1, 0.15) is 0 Å². The van der Waals surface area contributed by atoms with Crippen LogP contribution in [0.4, 0.5) is 26.3 Å². The van der Waals surface area contributed by atoms with Gasteiger partial charge in [0.25, 0.3) is 0 Å². The smallest absolute Gasteiger partial charge is 0.274 e. The second-order valence-corrected chi connectivity index (χ2v) is 8.01. The molecule has 0 spiro atoms. The van der Waals surface area contributed by atoms with Crippen molar-refractivity contribution in [2.45, 2.75) is 37.7 Å². The van der Waals surface area contributed by atoms with Crippen LogP contribution in [0.3, 0.4) is 0 Å². The third-order valence-electron chi connectivity index (χ3n) is 4.06. The molecule has 1 saturated heterocycles. The fourth-order valence-corrected chi connectivity index (χ4v) is 4.19. The summed E-state index contributed by atoms with van der Waals surface area (Å²) >= 11 is 0. The summed E-state index contributed by atoms with van der Waals surface area (Å²) in [6.07, 6.45) is -11.0. The summed E-state index contributed by atoms with van der Waals surface area (Å²) in [7, 11) is -3.22. The van der Waals surface area contributed by atoms with E-state index in [4.69, 9.17) is 0 Å². The van der Waals surface area contributed by atoms with Gasteiger partial charge in [0.05, 0.1) is 18.2 Å². The predicted molar refractivity (Wildman–Crippen MR) is 76.8 cm³/mol. The molecule has 0 amide bonds. The second-order valence-electron chi connectivity index (χ2n) is 5.92. The first kappa shape index (κ1) is 20.7. The average molecular weight is 410 g/mol. The average Bonchev–Trinajstić information content (AvgIpc) is 2.81. The molecule has 2 heterocycles. The highest BCUT2D eigenvalue weighted by molar-refractivity contribution is 7.89. The molecule has 1 aliphatic heterocycles. The zero-order chi connectivity index (χ0) is 19.9. The van der Waals surface area contributed by atoms with Gasteiger partial charge in [-0.1, -0.05) is 0 Å². The Hall–Kier alpha value is -1.57. The summed E-state index contributed by atoms with van der Waals surface area (Å²) in [6.45, 7) is -0.398. The van der Waals surface area contributed by atoms with E-state index < -0.39 is 52.1 Å². The zero-order valence-electron chi connectivity index (χ0n) is 13.5. The van der Waals surface area contributed by atoms with Crippen LogP contribution in [-0.2, 0) is 23.2 Å². The van der Waals surface area contributed by atoms with Gasteiger partial charge in [-0.2, -0.15) is 26.3 Å². The molecule has 0 N–H and O–H groups in total. The Bertz CT molecular complexity index is 802. The number of alkyl halides is 6. The fourth-order valence-electron chi connectivity index (χ4n) is 2.68. The van der Waals surface area contributed by atoms with E-state index in [9.17, 15) is 39.6 Å². The third kappa shape index (κ3) is 4.58. The van der Waals surface area contributed by atoms with Crippen LogP contribution in [0.15, 0.2) is 4.79 Å². The van der Waals surface area contributed by atoms with Crippen molar-refractivity contribution in [1.82, 2.24) is 18.7 Å². The van der Waals surface area contributed by atoms with E-state index in [1.165, 1.54) is 0 Å². The van der Waals surface area contributed by atoms with Crippen molar-refractivity contribution in [3.05, 3.63) is 16.3 Å². The Balaban J connectivity index is 2.09. The van der Waals surface area contributed by atoms with E-state index in [-0.39, 0.29) is 25.9 Å². The number of piperidine rings is 1. The summed E-state index contributed by atoms with van der Waals surface area (Å²) < 4.78 is 101. The van der Waals surface area contributed by atoms with Gasteiger partial charge in [0.15, 0.2) is 0 Å². The molecule has 0 atom stereocenters. The SMILES string of the molecule is Cn1c(C(F)(F)F)nn(C2CCN(S(=O)(=O)CCC(F)(F)F)CC2)c1=O. The third-order valence-corrected chi connectivity index (χ3v) is 5.93. The minimum atomic E-state index is -4.82. The molecule has 0 unspecified atom stereocenters. The zero-order valence-corrected chi connectivity index (χ0v) is 14.3. The standard InChI is InChI=1S/C12H16F6N4O3S/c1-20-9(12(16,17)18)19-22(10(20)23)8-2-5-21(6-3-8)26(24,25)7-4-11(13,14)15/h8H,2-7H2,1H3. The Morgan fingerprint density at radius 3 is 2.08 bits per heavy atom. The van der Waals surface area contributed by atoms with Crippen molar-refractivity contribution in [2.75, 3.05) is 18.8 Å². The molecule has 150 valence electrons. The Morgan fingerprint density at radius 2 is 1.65 bits per heavy atom. The van der Waals surface area contributed by atoms with Crippen molar-refractivity contribution in [2.24, 2.45) is 7.05 Å². The molecule has 2 rings (SSSR count). The van der Waals surface area contributed by atoms with E-state index in [1.54, 1.807) is 0 Å². The minimum Gasteiger partial charge on any atom is -0.274 e. The Morgan fingerprint density at radius 1 is 1.12 bits per heavy atom. The van der Waals surface area contributed by atoms with Gasteiger partial charge in [-0.25, -0.2) is 22.2 Å². The summed E-state index contributed by atoms with van der Waals surface area (Å²) in [5.41, 5.74) is -0.990. The molecule has 0 aliphatic carbocycles. The molecule has 0 bridgehead atoms. The van der Waals surface area contributed by atoms with Crippen LogP contribution >= 0.6 is 0 Å². The van der Waals surface area contributed by atoms with Gasteiger partial charge < -0.3 is 0 Å².